The molecule has 0 N–H and O–H groups in total. The monoisotopic (exact) mass is 234 g/mol. The van der Waals surface area contributed by atoms with E-state index in [0.29, 0.717) is 5.41 Å². The van der Waals surface area contributed by atoms with Gasteiger partial charge in [0.25, 0.3) is 0 Å². The number of hydrogen-bond donors (Lipinski definition) is 0. The third kappa shape index (κ3) is 2.74. The van der Waals surface area contributed by atoms with Crippen LogP contribution in [0.4, 0.5) is 0 Å². The largest absolute Gasteiger partial charge is 0.381 e. The topological polar surface area (TPSA) is 9.23 Å². The van der Waals surface area contributed by atoms with E-state index in [1.54, 1.807) is 0 Å². The second kappa shape index (κ2) is 4.61. The highest BCUT2D eigenvalue weighted by molar-refractivity contribution is 9.09. The first-order valence-electron chi connectivity index (χ1n) is 4.82. The molecular weight excluding hydrogens is 216 g/mol. The summed E-state index contributed by atoms with van der Waals surface area (Å²) in [6, 6.07) is 0. The fourth-order valence-corrected chi connectivity index (χ4v) is 2.34. The zero-order valence-corrected chi connectivity index (χ0v) is 9.69. The first-order valence-corrected chi connectivity index (χ1v) is 5.94. The molecule has 0 aliphatic carbocycles. The predicted octanol–water partition coefficient (Wildman–Crippen LogP) is 3.22. The highest BCUT2D eigenvalue weighted by atomic mass is 79.9. The molecule has 0 radical (unpaired) electrons. The molecule has 1 aliphatic heterocycles. The van der Waals surface area contributed by atoms with Crippen molar-refractivity contribution in [2.75, 3.05) is 18.5 Å². The fourth-order valence-electron chi connectivity index (χ4n) is 1.61. The lowest BCUT2D eigenvalue weighted by atomic mass is 9.83. The van der Waals surface area contributed by atoms with Crippen molar-refractivity contribution in [2.24, 2.45) is 11.3 Å². The minimum atomic E-state index is 0.463. The molecule has 0 bridgehead atoms. The Morgan fingerprint density at radius 2 is 2.25 bits per heavy atom. The Labute approximate surface area is 84.0 Å². The van der Waals surface area contributed by atoms with Crippen LogP contribution < -0.4 is 0 Å². The Morgan fingerprint density at radius 3 is 2.67 bits per heavy atom. The van der Waals surface area contributed by atoms with Crippen molar-refractivity contribution in [2.45, 2.75) is 33.1 Å². The lowest BCUT2D eigenvalue weighted by molar-refractivity contribution is 0.154. The SMILES string of the molecule is CC(C)CCC1(CBr)CCOC1. The van der Waals surface area contributed by atoms with Gasteiger partial charge in [0.05, 0.1) is 6.61 Å². The van der Waals surface area contributed by atoms with Crippen LogP contribution in [0.25, 0.3) is 0 Å². The van der Waals surface area contributed by atoms with E-state index in [1.807, 2.05) is 0 Å². The van der Waals surface area contributed by atoms with Gasteiger partial charge in [-0.05, 0) is 18.8 Å². The predicted molar refractivity (Wildman–Crippen MR) is 55.7 cm³/mol. The van der Waals surface area contributed by atoms with Gasteiger partial charge in [-0.1, -0.05) is 36.2 Å². The molecule has 1 rings (SSSR count). The van der Waals surface area contributed by atoms with E-state index in [9.17, 15) is 0 Å². The van der Waals surface area contributed by atoms with Gasteiger partial charge in [0.1, 0.15) is 0 Å². The second-order valence-corrected chi connectivity index (χ2v) is 4.93. The van der Waals surface area contributed by atoms with Crippen LogP contribution in [0.5, 0.6) is 0 Å². The molecule has 0 aromatic heterocycles. The van der Waals surface area contributed by atoms with Gasteiger partial charge >= 0.3 is 0 Å². The molecule has 1 aliphatic rings. The van der Waals surface area contributed by atoms with E-state index < -0.39 is 0 Å². The summed E-state index contributed by atoms with van der Waals surface area (Å²) in [5.74, 6) is 0.821. The van der Waals surface area contributed by atoms with Crippen LogP contribution in [-0.4, -0.2) is 18.5 Å². The first kappa shape index (κ1) is 10.5. The van der Waals surface area contributed by atoms with Gasteiger partial charge in [0, 0.05) is 17.4 Å². The van der Waals surface area contributed by atoms with Crippen LogP contribution in [0, 0.1) is 11.3 Å². The lowest BCUT2D eigenvalue weighted by Gasteiger charge is -2.25. The van der Waals surface area contributed by atoms with Crippen LogP contribution in [0.15, 0.2) is 0 Å². The quantitative estimate of drug-likeness (QED) is 0.680. The van der Waals surface area contributed by atoms with Crippen molar-refractivity contribution >= 4 is 15.9 Å². The van der Waals surface area contributed by atoms with Crippen molar-refractivity contribution in [1.29, 1.82) is 0 Å². The minimum Gasteiger partial charge on any atom is -0.381 e. The Kier molecular flexibility index (Phi) is 4.04. The third-order valence-corrected chi connectivity index (χ3v) is 3.91. The molecule has 0 amide bonds. The summed E-state index contributed by atoms with van der Waals surface area (Å²) >= 11 is 3.60. The molecule has 72 valence electrons. The van der Waals surface area contributed by atoms with Gasteiger partial charge in [-0.2, -0.15) is 0 Å². The van der Waals surface area contributed by atoms with Crippen molar-refractivity contribution in [1.82, 2.24) is 0 Å². The van der Waals surface area contributed by atoms with Crippen LogP contribution >= 0.6 is 15.9 Å². The maximum absolute atomic E-state index is 5.45. The van der Waals surface area contributed by atoms with Gasteiger partial charge in [-0.25, -0.2) is 0 Å². The highest BCUT2D eigenvalue weighted by Crippen LogP contribution is 2.36. The molecule has 0 aromatic rings. The third-order valence-electron chi connectivity index (χ3n) is 2.72. The Bertz CT molecular complexity index is 128. The number of alkyl halides is 1. The molecule has 1 saturated heterocycles. The van der Waals surface area contributed by atoms with Crippen LogP contribution in [0.1, 0.15) is 33.1 Å². The maximum Gasteiger partial charge on any atom is 0.0531 e. The van der Waals surface area contributed by atoms with Crippen molar-refractivity contribution < 1.29 is 4.74 Å². The number of hydrogen-bond acceptors (Lipinski definition) is 1. The fraction of sp³-hybridized carbons (Fsp3) is 1.00. The molecule has 1 unspecified atom stereocenters. The molecule has 0 aromatic carbocycles. The zero-order chi connectivity index (χ0) is 9.03. The first-order chi connectivity index (χ1) is 5.68. The van der Waals surface area contributed by atoms with E-state index in [0.717, 1.165) is 24.5 Å². The Hall–Kier alpha value is 0.440. The smallest absolute Gasteiger partial charge is 0.0531 e. The number of ether oxygens (including phenoxy) is 1. The van der Waals surface area contributed by atoms with Gasteiger partial charge < -0.3 is 4.74 Å². The molecule has 1 heterocycles. The standard InChI is InChI=1S/C10H19BrO/c1-9(2)3-4-10(7-11)5-6-12-8-10/h9H,3-8H2,1-2H3. The zero-order valence-electron chi connectivity index (χ0n) is 8.11. The van der Waals surface area contributed by atoms with Crippen molar-refractivity contribution in [3.8, 4) is 0 Å². The molecule has 0 spiro atoms. The van der Waals surface area contributed by atoms with Gasteiger partial charge in [0.2, 0.25) is 0 Å². The van der Waals surface area contributed by atoms with Crippen molar-refractivity contribution in [3.63, 3.8) is 0 Å². The van der Waals surface area contributed by atoms with E-state index in [1.165, 1.54) is 19.3 Å². The Balaban J connectivity index is 2.34. The molecular formula is C10H19BrO. The second-order valence-electron chi connectivity index (χ2n) is 4.37. The van der Waals surface area contributed by atoms with E-state index in [2.05, 4.69) is 29.8 Å². The van der Waals surface area contributed by atoms with Gasteiger partial charge in [0.15, 0.2) is 0 Å². The van der Waals surface area contributed by atoms with Crippen LogP contribution in [0.2, 0.25) is 0 Å². The van der Waals surface area contributed by atoms with Gasteiger partial charge in [-0.3, -0.25) is 0 Å². The number of rotatable bonds is 4. The summed E-state index contributed by atoms with van der Waals surface area (Å²) in [5.41, 5.74) is 0.463. The molecule has 2 heteroatoms. The summed E-state index contributed by atoms with van der Waals surface area (Å²) in [7, 11) is 0. The molecule has 1 atom stereocenters. The summed E-state index contributed by atoms with van der Waals surface area (Å²) in [6.07, 6.45) is 3.88. The summed E-state index contributed by atoms with van der Waals surface area (Å²) in [4.78, 5) is 0. The summed E-state index contributed by atoms with van der Waals surface area (Å²) < 4.78 is 5.45. The molecule has 0 saturated carbocycles. The van der Waals surface area contributed by atoms with Crippen LogP contribution in [0.3, 0.4) is 0 Å². The summed E-state index contributed by atoms with van der Waals surface area (Å²) in [5, 5.41) is 1.10. The van der Waals surface area contributed by atoms with Gasteiger partial charge in [-0.15, -0.1) is 0 Å². The molecule has 12 heavy (non-hydrogen) atoms. The number of halogens is 1. The van der Waals surface area contributed by atoms with Crippen molar-refractivity contribution in [3.05, 3.63) is 0 Å². The lowest BCUT2D eigenvalue weighted by Crippen LogP contribution is -2.23. The minimum absolute atomic E-state index is 0.463. The molecule has 1 nitrogen and oxygen atoms in total. The van der Waals surface area contributed by atoms with E-state index in [4.69, 9.17) is 4.74 Å². The van der Waals surface area contributed by atoms with Crippen LogP contribution in [-0.2, 0) is 4.74 Å². The van der Waals surface area contributed by atoms with E-state index in [-0.39, 0.29) is 0 Å². The molecule has 1 fully saturated rings. The average molecular weight is 235 g/mol. The summed E-state index contributed by atoms with van der Waals surface area (Å²) in [6.45, 7) is 6.50. The average Bonchev–Trinajstić information content (AvgIpc) is 2.50. The maximum atomic E-state index is 5.45. The van der Waals surface area contributed by atoms with E-state index >= 15 is 0 Å². The highest BCUT2D eigenvalue weighted by Gasteiger charge is 2.33. The Morgan fingerprint density at radius 1 is 1.50 bits per heavy atom. The normalized spacial score (nSPS) is 30.0.